The van der Waals surface area contributed by atoms with Crippen LogP contribution in [0.5, 0.6) is 0 Å². The second-order valence-electron chi connectivity index (χ2n) is 12.1. The first-order valence-corrected chi connectivity index (χ1v) is 19.5. The Bertz CT molecular complexity index is 1190. The summed E-state index contributed by atoms with van der Waals surface area (Å²) in [6, 6.07) is 0. The molecule has 0 aliphatic rings. The smallest absolute Gasteiger partial charge is 0.310 e. The molecule has 0 aliphatic heterocycles. The molecule has 0 rings (SSSR count). The number of ether oxygens (including phenoxy) is 3. The molecule has 0 aromatic rings. The molecule has 0 N–H and O–H groups in total. The maximum absolute atomic E-state index is 12.5. The maximum atomic E-state index is 12.5. The molecule has 288 valence electrons. The summed E-state index contributed by atoms with van der Waals surface area (Å²) < 4.78 is 16.3. The van der Waals surface area contributed by atoms with Crippen LogP contribution < -0.4 is 0 Å². The number of unbranched alkanes of at least 4 members (excludes halogenated alkanes) is 3. The van der Waals surface area contributed by atoms with Crippen molar-refractivity contribution in [2.45, 2.75) is 136 Å². The molecule has 0 aliphatic carbocycles. The lowest BCUT2D eigenvalue weighted by Crippen LogP contribution is -2.30. The predicted molar refractivity (Wildman–Crippen MR) is 219 cm³/mol. The number of carbonyl (C=O) groups excluding carboxylic acids is 3. The van der Waals surface area contributed by atoms with E-state index in [0.29, 0.717) is 6.42 Å². The fourth-order valence-corrected chi connectivity index (χ4v) is 4.44. The van der Waals surface area contributed by atoms with Gasteiger partial charge in [-0.3, -0.25) is 14.4 Å². The van der Waals surface area contributed by atoms with Gasteiger partial charge < -0.3 is 14.2 Å². The predicted octanol–water partition coefficient (Wildman–Crippen LogP) is 12.2. The second kappa shape index (κ2) is 39.6. The van der Waals surface area contributed by atoms with Crippen LogP contribution in [-0.4, -0.2) is 37.2 Å². The number of rotatable bonds is 32. The summed E-state index contributed by atoms with van der Waals surface area (Å²) in [5.41, 5.74) is 0. The SMILES string of the molecule is CC/C=C\C/C=C\C/C=C\C/C=C\CCCCCC(=O)OCC(COC(=O)C/C=C\C/C=C\C/C=C\CC)OC(=O)C/C=C\C/C=C\C/C=C\CC. The molecule has 0 saturated heterocycles. The molecule has 6 nitrogen and oxygen atoms in total. The zero-order valence-electron chi connectivity index (χ0n) is 32.5. The van der Waals surface area contributed by atoms with E-state index in [1.165, 1.54) is 0 Å². The van der Waals surface area contributed by atoms with Crippen LogP contribution in [0.4, 0.5) is 0 Å². The molecule has 0 heterocycles. The Hall–Kier alpha value is -4.19. The third-order valence-electron chi connectivity index (χ3n) is 7.26. The summed E-state index contributed by atoms with van der Waals surface area (Å²) in [6.45, 7) is 6.00. The van der Waals surface area contributed by atoms with Gasteiger partial charge in [-0.2, -0.15) is 0 Å². The van der Waals surface area contributed by atoms with E-state index in [4.69, 9.17) is 14.2 Å². The average Bonchev–Trinajstić information content (AvgIpc) is 3.14. The highest BCUT2D eigenvalue weighted by Gasteiger charge is 2.18. The van der Waals surface area contributed by atoms with Gasteiger partial charge in [0.1, 0.15) is 13.2 Å². The third kappa shape index (κ3) is 37.1. The van der Waals surface area contributed by atoms with Crippen LogP contribution in [0.2, 0.25) is 0 Å². The minimum atomic E-state index is -0.875. The number of hydrogen-bond donors (Lipinski definition) is 0. The van der Waals surface area contributed by atoms with E-state index in [2.05, 4.69) is 106 Å². The summed E-state index contributed by atoms with van der Waals surface area (Å²) >= 11 is 0. The highest BCUT2D eigenvalue weighted by Crippen LogP contribution is 2.08. The summed E-state index contributed by atoms with van der Waals surface area (Å²) in [5, 5.41) is 0. The second-order valence-corrected chi connectivity index (χ2v) is 12.1. The van der Waals surface area contributed by atoms with Crippen molar-refractivity contribution in [2.75, 3.05) is 13.2 Å². The van der Waals surface area contributed by atoms with Crippen LogP contribution in [0.25, 0.3) is 0 Å². The first kappa shape index (κ1) is 47.8. The Morgan fingerprint density at radius 1 is 0.404 bits per heavy atom. The van der Waals surface area contributed by atoms with Crippen molar-refractivity contribution in [3.05, 3.63) is 122 Å². The molecule has 0 saturated carbocycles. The highest BCUT2D eigenvalue weighted by atomic mass is 16.6. The quantitative estimate of drug-likeness (QED) is 0.0298. The van der Waals surface area contributed by atoms with Gasteiger partial charge in [0.2, 0.25) is 0 Å². The van der Waals surface area contributed by atoms with E-state index in [-0.39, 0.29) is 38.4 Å². The molecule has 1 unspecified atom stereocenters. The maximum Gasteiger partial charge on any atom is 0.310 e. The molecular weight excluding hydrogens is 648 g/mol. The molecule has 0 bridgehead atoms. The molecule has 0 radical (unpaired) electrons. The van der Waals surface area contributed by atoms with Crippen molar-refractivity contribution in [1.29, 1.82) is 0 Å². The van der Waals surface area contributed by atoms with Gasteiger partial charge in [-0.05, 0) is 83.5 Å². The van der Waals surface area contributed by atoms with Crippen LogP contribution in [-0.2, 0) is 28.6 Å². The number of hydrogen-bond acceptors (Lipinski definition) is 6. The summed E-state index contributed by atoms with van der Waals surface area (Å²) in [5.74, 6) is -1.27. The zero-order valence-corrected chi connectivity index (χ0v) is 32.5. The van der Waals surface area contributed by atoms with Gasteiger partial charge in [-0.15, -0.1) is 0 Å². The van der Waals surface area contributed by atoms with E-state index < -0.39 is 18.0 Å². The van der Waals surface area contributed by atoms with Crippen molar-refractivity contribution in [3.63, 3.8) is 0 Å². The molecule has 0 spiro atoms. The van der Waals surface area contributed by atoms with Crippen molar-refractivity contribution in [2.24, 2.45) is 0 Å². The monoisotopic (exact) mass is 717 g/mol. The molecule has 0 aromatic carbocycles. The van der Waals surface area contributed by atoms with Crippen molar-refractivity contribution in [3.8, 4) is 0 Å². The minimum absolute atomic E-state index is 0.0751. The van der Waals surface area contributed by atoms with E-state index in [1.807, 2.05) is 24.3 Å². The molecule has 0 aromatic heterocycles. The van der Waals surface area contributed by atoms with Crippen molar-refractivity contribution in [1.82, 2.24) is 0 Å². The largest absolute Gasteiger partial charge is 0.462 e. The lowest BCUT2D eigenvalue weighted by molar-refractivity contribution is -0.166. The van der Waals surface area contributed by atoms with Crippen LogP contribution in [0, 0.1) is 0 Å². The molecule has 1 atom stereocenters. The summed E-state index contributed by atoms with van der Waals surface area (Å²) in [6.07, 6.45) is 54.0. The Kier molecular flexibility index (Phi) is 36.4. The van der Waals surface area contributed by atoms with Crippen LogP contribution in [0.3, 0.4) is 0 Å². The van der Waals surface area contributed by atoms with Gasteiger partial charge in [0, 0.05) is 6.42 Å². The number of carbonyl (C=O) groups is 3. The first-order valence-electron chi connectivity index (χ1n) is 19.5. The summed E-state index contributed by atoms with van der Waals surface area (Å²) in [4.78, 5) is 37.3. The lowest BCUT2D eigenvalue weighted by atomic mass is 10.1. The zero-order chi connectivity index (χ0) is 38.0. The Morgan fingerprint density at radius 3 is 1.21 bits per heavy atom. The third-order valence-corrected chi connectivity index (χ3v) is 7.26. The van der Waals surface area contributed by atoms with E-state index in [1.54, 1.807) is 12.2 Å². The van der Waals surface area contributed by atoms with Crippen LogP contribution in [0.15, 0.2) is 122 Å². The van der Waals surface area contributed by atoms with Gasteiger partial charge in [0.25, 0.3) is 0 Å². The standard InChI is InChI=1S/C46H68O6/c1-4-7-10-13-16-19-20-21-22-23-24-25-28-30-33-36-39-45(48)51-42-43(52-46(49)40-37-34-31-27-18-15-12-9-6-3)41-50-44(47)38-35-32-29-26-17-14-11-8-5-2/h7-12,16-19,21-22,24-27,32,34-35,37,43H,4-6,13-15,20,23,28-31,33,36,38-42H2,1-3H3/b10-7-,11-8-,12-9-,19-16-,22-21-,25-24-,26-17-,27-18-,35-32-,37-34-. The molecule has 0 fully saturated rings. The Balaban J connectivity index is 4.58. The van der Waals surface area contributed by atoms with Crippen LogP contribution in [0.1, 0.15) is 130 Å². The topological polar surface area (TPSA) is 78.9 Å². The fourth-order valence-electron chi connectivity index (χ4n) is 4.44. The highest BCUT2D eigenvalue weighted by molar-refractivity contribution is 5.72. The van der Waals surface area contributed by atoms with Gasteiger partial charge in [0.15, 0.2) is 6.10 Å². The molecule has 6 heteroatoms. The van der Waals surface area contributed by atoms with Gasteiger partial charge >= 0.3 is 17.9 Å². The van der Waals surface area contributed by atoms with Crippen molar-refractivity contribution < 1.29 is 28.6 Å². The molecule has 0 amide bonds. The number of esters is 3. The summed E-state index contributed by atoms with van der Waals surface area (Å²) in [7, 11) is 0. The molecular formula is C46H68O6. The van der Waals surface area contributed by atoms with E-state index >= 15 is 0 Å². The first-order chi connectivity index (χ1) is 25.5. The Morgan fingerprint density at radius 2 is 0.769 bits per heavy atom. The molecule has 52 heavy (non-hydrogen) atoms. The minimum Gasteiger partial charge on any atom is -0.462 e. The Labute approximate surface area is 316 Å². The van der Waals surface area contributed by atoms with E-state index in [9.17, 15) is 14.4 Å². The fraction of sp³-hybridized carbons (Fsp3) is 0.500. The van der Waals surface area contributed by atoms with Crippen molar-refractivity contribution >= 4 is 17.9 Å². The average molecular weight is 717 g/mol. The van der Waals surface area contributed by atoms with Gasteiger partial charge in [-0.1, -0.05) is 149 Å². The van der Waals surface area contributed by atoms with Crippen LogP contribution >= 0.6 is 0 Å². The lowest BCUT2D eigenvalue weighted by Gasteiger charge is -2.17. The van der Waals surface area contributed by atoms with Gasteiger partial charge in [-0.25, -0.2) is 0 Å². The number of allylic oxidation sites excluding steroid dienone is 18. The normalized spacial score (nSPS) is 13.4. The van der Waals surface area contributed by atoms with E-state index in [0.717, 1.165) is 83.5 Å². The van der Waals surface area contributed by atoms with Gasteiger partial charge in [0.05, 0.1) is 12.8 Å².